The maximum atomic E-state index is 11.4. The summed E-state index contributed by atoms with van der Waals surface area (Å²) in [5.74, 6) is -0.212. The summed E-state index contributed by atoms with van der Waals surface area (Å²) < 4.78 is 2.50. The van der Waals surface area contributed by atoms with Gasteiger partial charge in [-0.25, -0.2) is 4.79 Å². The fraction of sp³-hybridized carbons (Fsp3) is 0.444. The van der Waals surface area contributed by atoms with Crippen molar-refractivity contribution < 1.29 is 9.59 Å². The molecule has 1 aliphatic rings. The molecule has 16 heavy (non-hydrogen) atoms. The maximum absolute atomic E-state index is 11.4. The molecule has 0 bridgehead atoms. The molecule has 0 saturated carbocycles. The molecule has 3 amide bonds. The molecule has 1 saturated heterocycles. The standard InChI is InChI=1S/C9H11BrN4O2/c1-5-8(10)6(13(2)12-5)4-14-7(15)3-11-9(14)16/h3-4H2,1-2H3,(H,11,16). The van der Waals surface area contributed by atoms with E-state index in [0.29, 0.717) is 0 Å². The van der Waals surface area contributed by atoms with Gasteiger partial charge in [0.15, 0.2) is 0 Å². The van der Waals surface area contributed by atoms with Crippen LogP contribution in [0.4, 0.5) is 4.79 Å². The number of carbonyl (C=O) groups is 2. The van der Waals surface area contributed by atoms with Crippen molar-refractivity contribution in [3.05, 3.63) is 15.9 Å². The van der Waals surface area contributed by atoms with Gasteiger partial charge in [-0.05, 0) is 22.9 Å². The number of aromatic nitrogens is 2. The Labute approximate surface area is 101 Å². The molecule has 0 aliphatic carbocycles. The number of imide groups is 1. The number of urea groups is 1. The zero-order chi connectivity index (χ0) is 11.9. The molecule has 1 aliphatic heterocycles. The number of nitrogens with one attached hydrogen (secondary N) is 1. The fourth-order valence-electron chi connectivity index (χ4n) is 1.62. The fourth-order valence-corrected chi connectivity index (χ4v) is 2.08. The Morgan fingerprint density at radius 2 is 2.19 bits per heavy atom. The molecule has 7 heteroatoms. The van der Waals surface area contributed by atoms with Crippen LogP contribution in [0, 0.1) is 6.92 Å². The first-order chi connectivity index (χ1) is 7.50. The molecule has 1 N–H and O–H groups in total. The quantitative estimate of drug-likeness (QED) is 0.807. The summed E-state index contributed by atoms with van der Waals surface area (Å²) in [6, 6.07) is -0.351. The van der Waals surface area contributed by atoms with Crippen LogP contribution in [-0.4, -0.2) is 33.2 Å². The minimum Gasteiger partial charge on any atom is -0.329 e. The monoisotopic (exact) mass is 286 g/mol. The number of nitrogens with zero attached hydrogens (tertiary/aromatic N) is 3. The highest BCUT2D eigenvalue weighted by Crippen LogP contribution is 2.22. The van der Waals surface area contributed by atoms with Gasteiger partial charge in [-0.3, -0.25) is 14.4 Å². The summed E-state index contributed by atoms with van der Waals surface area (Å²) in [7, 11) is 1.78. The van der Waals surface area contributed by atoms with E-state index in [1.54, 1.807) is 11.7 Å². The predicted molar refractivity (Wildman–Crippen MR) is 59.6 cm³/mol. The third-order valence-corrected chi connectivity index (χ3v) is 3.54. The molecule has 6 nitrogen and oxygen atoms in total. The normalized spacial score (nSPS) is 15.8. The van der Waals surface area contributed by atoms with Gasteiger partial charge >= 0.3 is 6.03 Å². The lowest BCUT2D eigenvalue weighted by Crippen LogP contribution is -2.31. The lowest BCUT2D eigenvalue weighted by Gasteiger charge is -2.12. The van der Waals surface area contributed by atoms with Crippen molar-refractivity contribution >= 4 is 27.9 Å². The number of hydrogen-bond donors (Lipinski definition) is 1. The van der Waals surface area contributed by atoms with E-state index in [2.05, 4.69) is 26.3 Å². The average Bonchev–Trinajstić information content (AvgIpc) is 2.65. The Balaban J connectivity index is 2.27. The molecule has 0 unspecified atom stereocenters. The molecule has 0 aromatic carbocycles. The third kappa shape index (κ3) is 1.71. The Morgan fingerprint density at radius 3 is 2.62 bits per heavy atom. The number of carbonyl (C=O) groups excluding carboxylic acids is 2. The highest BCUT2D eigenvalue weighted by molar-refractivity contribution is 9.10. The molecular weight excluding hydrogens is 276 g/mol. The van der Waals surface area contributed by atoms with E-state index in [9.17, 15) is 9.59 Å². The number of rotatable bonds is 2. The van der Waals surface area contributed by atoms with E-state index in [1.807, 2.05) is 6.92 Å². The minimum absolute atomic E-state index is 0.0767. The molecule has 1 aromatic heterocycles. The lowest BCUT2D eigenvalue weighted by atomic mass is 10.3. The van der Waals surface area contributed by atoms with Crippen LogP contribution in [-0.2, 0) is 18.4 Å². The van der Waals surface area contributed by atoms with Gasteiger partial charge in [0.2, 0.25) is 5.91 Å². The van der Waals surface area contributed by atoms with E-state index < -0.39 is 0 Å². The summed E-state index contributed by atoms with van der Waals surface area (Å²) in [6.07, 6.45) is 0. The summed E-state index contributed by atoms with van der Waals surface area (Å²) in [5.41, 5.74) is 1.65. The summed E-state index contributed by atoms with van der Waals surface area (Å²) in [6.45, 7) is 2.18. The first kappa shape index (κ1) is 11.1. The highest BCUT2D eigenvalue weighted by atomic mass is 79.9. The first-order valence-corrected chi connectivity index (χ1v) is 5.56. The van der Waals surface area contributed by atoms with Crippen molar-refractivity contribution in [1.29, 1.82) is 0 Å². The number of hydrogen-bond acceptors (Lipinski definition) is 3. The molecule has 2 rings (SSSR count). The Kier molecular flexibility index (Phi) is 2.71. The lowest BCUT2D eigenvalue weighted by molar-refractivity contribution is -0.125. The zero-order valence-corrected chi connectivity index (χ0v) is 10.5. The van der Waals surface area contributed by atoms with E-state index in [1.165, 1.54) is 4.90 Å². The summed E-state index contributed by atoms with van der Waals surface area (Å²) >= 11 is 3.40. The van der Waals surface area contributed by atoms with Crippen molar-refractivity contribution in [2.75, 3.05) is 6.54 Å². The van der Waals surface area contributed by atoms with Gasteiger partial charge in [-0.2, -0.15) is 5.10 Å². The molecule has 1 aromatic rings. The average molecular weight is 287 g/mol. The first-order valence-electron chi connectivity index (χ1n) is 4.77. The Bertz CT molecular complexity index is 452. The van der Waals surface area contributed by atoms with Crippen LogP contribution in [0.3, 0.4) is 0 Å². The summed E-state index contributed by atoms with van der Waals surface area (Å²) in [4.78, 5) is 24.0. The molecule has 0 radical (unpaired) electrons. The van der Waals surface area contributed by atoms with E-state index in [4.69, 9.17) is 0 Å². The van der Waals surface area contributed by atoms with Gasteiger partial charge in [0.05, 0.1) is 29.0 Å². The van der Waals surface area contributed by atoms with Crippen molar-refractivity contribution in [3.63, 3.8) is 0 Å². The van der Waals surface area contributed by atoms with Gasteiger partial charge in [-0.1, -0.05) is 0 Å². The molecular formula is C9H11BrN4O2. The highest BCUT2D eigenvalue weighted by Gasteiger charge is 2.30. The van der Waals surface area contributed by atoms with Gasteiger partial charge in [0.1, 0.15) is 0 Å². The second-order valence-corrected chi connectivity index (χ2v) is 4.40. The molecule has 0 atom stereocenters. The molecule has 0 spiro atoms. The van der Waals surface area contributed by atoms with Crippen LogP contribution < -0.4 is 5.32 Å². The molecule has 2 heterocycles. The molecule has 1 fully saturated rings. The zero-order valence-electron chi connectivity index (χ0n) is 8.95. The number of amides is 3. The van der Waals surface area contributed by atoms with Gasteiger partial charge in [-0.15, -0.1) is 0 Å². The summed E-state index contributed by atoms with van der Waals surface area (Å²) in [5, 5.41) is 6.68. The van der Waals surface area contributed by atoms with E-state index >= 15 is 0 Å². The van der Waals surface area contributed by atoms with Crippen LogP contribution >= 0.6 is 15.9 Å². The van der Waals surface area contributed by atoms with Crippen LogP contribution in [0.15, 0.2) is 4.47 Å². The van der Waals surface area contributed by atoms with Crippen LogP contribution in [0.25, 0.3) is 0 Å². The molecule has 86 valence electrons. The third-order valence-electron chi connectivity index (χ3n) is 2.51. The predicted octanol–water partition coefficient (Wildman–Crippen LogP) is 0.543. The minimum atomic E-state index is -0.351. The Hall–Kier alpha value is -1.37. The Morgan fingerprint density at radius 1 is 1.50 bits per heavy atom. The van der Waals surface area contributed by atoms with Crippen molar-refractivity contribution in [2.24, 2.45) is 7.05 Å². The largest absolute Gasteiger partial charge is 0.329 e. The van der Waals surface area contributed by atoms with Gasteiger partial charge < -0.3 is 5.32 Å². The number of halogens is 1. The number of aryl methyl sites for hydroxylation is 2. The van der Waals surface area contributed by atoms with Crippen LogP contribution in [0.2, 0.25) is 0 Å². The van der Waals surface area contributed by atoms with Crippen molar-refractivity contribution in [3.8, 4) is 0 Å². The van der Waals surface area contributed by atoms with E-state index in [-0.39, 0.29) is 25.0 Å². The van der Waals surface area contributed by atoms with Gasteiger partial charge in [0.25, 0.3) is 0 Å². The van der Waals surface area contributed by atoms with E-state index in [0.717, 1.165) is 15.9 Å². The topological polar surface area (TPSA) is 67.2 Å². The van der Waals surface area contributed by atoms with Crippen molar-refractivity contribution in [2.45, 2.75) is 13.5 Å². The van der Waals surface area contributed by atoms with Crippen LogP contribution in [0.5, 0.6) is 0 Å². The smallest absolute Gasteiger partial charge is 0.324 e. The van der Waals surface area contributed by atoms with Crippen LogP contribution in [0.1, 0.15) is 11.4 Å². The van der Waals surface area contributed by atoms with Crippen molar-refractivity contribution in [1.82, 2.24) is 20.0 Å². The maximum Gasteiger partial charge on any atom is 0.324 e. The second-order valence-electron chi connectivity index (χ2n) is 3.61. The van der Waals surface area contributed by atoms with Gasteiger partial charge in [0, 0.05) is 7.05 Å². The SMILES string of the molecule is Cc1nn(C)c(CN2C(=O)CNC2=O)c1Br. The second kappa shape index (κ2) is 3.89.